The fraction of sp³-hybridized carbons (Fsp3) is 0.408. The summed E-state index contributed by atoms with van der Waals surface area (Å²) in [6, 6.07) is 16.7. The normalized spacial score (nSPS) is 18.2. The number of nitrogens with zero attached hydrogens (tertiary/aromatic N) is 5. The molecule has 4 aromatic carbocycles. The maximum Gasteiger partial charge on any atom is 0.343 e. The number of carbonyl (C=O) groups is 8. The van der Waals surface area contributed by atoms with Crippen molar-refractivity contribution >= 4 is 93.1 Å². The third-order valence-electron chi connectivity index (χ3n) is 18.2. The Morgan fingerprint density at radius 3 is 1.81 bits per heavy atom. The first-order valence-electron chi connectivity index (χ1n) is 33.2. The lowest BCUT2D eigenvalue weighted by atomic mass is 9.83. The summed E-state index contributed by atoms with van der Waals surface area (Å²) in [6.45, 7) is 8.25. The number of halogens is 4. The molecule has 4 N–H and O–H groups in total. The number of rotatable bonds is 26. The largest absolute Gasteiger partial charge is 0.485 e. The lowest BCUT2D eigenvalue weighted by Gasteiger charge is -2.31. The molecule has 6 aromatic rings. The zero-order valence-corrected chi connectivity index (χ0v) is 57.6. The Labute approximate surface area is 589 Å². The number of aromatic nitrogens is 2. The number of hydrogen-bond donors (Lipinski definition) is 4. The molecule has 6 aliphatic rings. The van der Waals surface area contributed by atoms with Crippen molar-refractivity contribution in [2.45, 2.75) is 93.5 Å². The zero-order chi connectivity index (χ0) is 72.3. The average molecular weight is 1450 g/mol. The number of aliphatic hydroxyl groups is 1. The number of hydrogen-bond acceptors (Lipinski definition) is 20. The summed E-state index contributed by atoms with van der Waals surface area (Å²) in [5.41, 5.74) is -1.47. The Morgan fingerprint density at radius 1 is 0.696 bits per heavy atom. The molecule has 3 atom stereocenters. The predicted octanol–water partition coefficient (Wildman–Crippen LogP) is 6.72. The van der Waals surface area contributed by atoms with Gasteiger partial charge in [-0.15, -0.1) is 0 Å². The quantitative estimate of drug-likeness (QED) is 0.0189. The number of esters is 1. The number of morpholine rings is 2. The third kappa shape index (κ3) is 14.9. The number of fused-ring (bicyclic) bond motifs is 5. The van der Waals surface area contributed by atoms with Gasteiger partial charge in [0.15, 0.2) is 23.0 Å². The highest BCUT2D eigenvalue weighted by molar-refractivity contribution is 8.08. The van der Waals surface area contributed by atoms with E-state index in [-0.39, 0.29) is 131 Å². The van der Waals surface area contributed by atoms with Gasteiger partial charge in [-0.1, -0.05) is 44.3 Å². The van der Waals surface area contributed by atoms with E-state index >= 15 is 17.6 Å². The van der Waals surface area contributed by atoms with Crippen molar-refractivity contribution < 1.29 is 94.2 Å². The van der Waals surface area contributed by atoms with Gasteiger partial charge in [0, 0.05) is 93.4 Å². The number of thioether (sulfide) groups is 2. The summed E-state index contributed by atoms with van der Waals surface area (Å²) in [7, 11) is 0. The molecule has 7 heterocycles. The molecule has 12 rings (SSSR count). The minimum Gasteiger partial charge on any atom is -0.485 e. The van der Waals surface area contributed by atoms with Crippen LogP contribution in [0.15, 0.2) is 103 Å². The van der Waals surface area contributed by atoms with Crippen molar-refractivity contribution in [1.29, 1.82) is 0 Å². The van der Waals surface area contributed by atoms with Crippen molar-refractivity contribution in [3.63, 3.8) is 0 Å². The van der Waals surface area contributed by atoms with Crippen LogP contribution in [0.4, 0.5) is 28.9 Å². The van der Waals surface area contributed by atoms with Crippen molar-refractivity contribution in [1.82, 2.24) is 30.0 Å². The number of anilines is 2. The van der Waals surface area contributed by atoms with Crippen molar-refractivity contribution in [3.8, 4) is 17.1 Å². The monoisotopic (exact) mass is 1450 g/mol. The first kappa shape index (κ1) is 72.7. The van der Waals surface area contributed by atoms with E-state index in [0.717, 1.165) is 35.7 Å². The molecule has 31 heteroatoms. The molecule has 0 unspecified atom stereocenters. The van der Waals surface area contributed by atoms with E-state index in [1.165, 1.54) is 29.7 Å². The van der Waals surface area contributed by atoms with E-state index in [9.17, 15) is 48.3 Å². The van der Waals surface area contributed by atoms with Gasteiger partial charge in [-0.3, -0.25) is 38.4 Å². The number of benzene rings is 4. The topological polar surface area (TPSA) is 302 Å². The Balaban J connectivity index is 0.583. The summed E-state index contributed by atoms with van der Waals surface area (Å²) in [5, 5.41) is 19.4. The fourth-order valence-corrected chi connectivity index (χ4v) is 14.8. The molecule has 7 amide bonds. The number of imide groups is 1. The molecule has 0 radical (unpaired) electrons. The van der Waals surface area contributed by atoms with Gasteiger partial charge in [0.2, 0.25) is 17.7 Å². The minimum atomic E-state index is -3.37. The van der Waals surface area contributed by atoms with Crippen LogP contribution in [0, 0.1) is 17.6 Å². The maximum absolute atomic E-state index is 16.2. The molecular formula is C71H72F4N8O17S2. The van der Waals surface area contributed by atoms with Gasteiger partial charge in [0.25, 0.3) is 35.1 Å². The molecule has 538 valence electrons. The lowest BCUT2D eigenvalue weighted by Crippen LogP contribution is -2.54. The number of amides is 7. The third-order valence-corrected chi connectivity index (χ3v) is 20.5. The van der Waals surface area contributed by atoms with Crippen LogP contribution in [-0.2, 0) is 88.3 Å². The number of ether oxygens (including phenoxy) is 7. The Morgan fingerprint density at radius 2 is 1.25 bits per heavy atom. The van der Waals surface area contributed by atoms with Crippen molar-refractivity contribution in [2.24, 2.45) is 5.92 Å². The van der Waals surface area contributed by atoms with Crippen LogP contribution in [0.1, 0.15) is 89.1 Å². The molecule has 2 aromatic heterocycles. The predicted molar refractivity (Wildman–Crippen MR) is 362 cm³/mol. The number of pyridine rings is 2. The maximum atomic E-state index is 16.2. The zero-order valence-electron chi connectivity index (χ0n) is 55.9. The van der Waals surface area contributed by atoms with Gasteiger partial charge < -0.3 is 68.6 Å². The summed E-state index contributed by atoms with van der Waals surface area (Å²) < 4.78 is 103. The van der Waals surface area contributed by atoms with E-state index in [0.29, 0.717) is 84.0 Å². The molecule has 1 aliphatic carbocycles. The van der Waals surface area contributed by atoms with E-state index in [4.69, 9.17) is 38.1 Å². The molecule has 5 aliphatic heterocycles. The fourth-order valence-electron chi connectivity index (χ4n) is 12.8. The first-order valence-corrected chi connectivity index (χ1v) is 34.8. The molecular weight excluding hydrogens is 1380 g/mol. The van der Waals surface area contributed by atoms with Gasteiger partial charge >= 0.3 is 5.97 Å². The van der Waals surface area contributed by atoms with Crippen LogP contribution in [0.5, 0.6) is 5.75 Å². The van der Waals surface area contributed by atoms with E-state index < -0.39 is 113 Å². The summed E-state index contributed by atoms with van der Waals surface area (Å²) in [5.74, 6) is -12.0. The molecule has 0 saturated carbocycles. The van der Waals surface area contributed by atoms with Crippen LogP contribution in [0.3, 0.4) is 0 Å². The van der Waals surface area contributed by atoms with Crippen LogP contribution < -0.4 is 31.1 Å². The second-order valence-corrected chi connectivity index (χ2v) is 27.3. The number of cyclic esters (lactones) is 1. The number of aryl methyl sites for hydroxylation is 1. The molecule has 102 heavy (non-hydrogen) atoms. The average Bonchev–Trinajstić information content (AvgIpc) is 1.48. The standard InChI is InChI=1S/C71H72F4N8O17S2/c1-5-70(93)48-34-53-58-46(35-82(53)66(89)47(48)36-100-69(70)92)56-55-45(16-17-71(56,74)75)51(14-15-52(55)77-58)78-62(85)39(4)76-63(86)57(38(2)3)79-54(84)37-98-29-28-96-26-27-97-30-31-99-59-49(72)32-42(33-50(59)73)83-67(90)60(101-43-10-6-40(7-11-43)64(87)80-18-22-94-23-19-80)61(68(83)91)102-44-12-8-41(9-13-44)65(88)81-20-24-95-25-21-81/h6-15,32-34,38-39,57,93H,5,16-31,35-37H2,1-4H3,(H,76,86)(H,78,85)(H,79,84)/t39-,57-,70-/m0/s1. The van der Waals surface area contributed by atoms with Crippen molar-refractivity contribution in [2.75, 3.05) is 109 Å². The Hall–Kier alpha value is -9.08. The highest BCUT2D eigenvalue weighted by atomic mass is 32.2. The van der Waals surface area contributed by atoms with E-state index in [2.05, 4.69) is 16.0 Å². The molecule has 2 saturated heterocycles. The minimum absolute atomic E-state index is 0.0222. The molecule has 2 fully saturated rings. The molecule has 0 spiro atoms. The van der Waals surface area contributed by atoms with Crippen LogP contribution in [0.2, 0.25) is 0 Å². The van der Waals surface area contributed by atoms with Gasteiger partial charge in [0.1, 0.15) is 31.9 Å². The summed E-state index contributed by atoms with van der Waals surface area (Å²) in [4.78, 5) is 132. The highest BCUT2D eigenvalue weighted by Gasteiger charge is 2.48. The van der Waals surface area contributed by atoms with Crippen LogP contribution >= 0.6 is 23.5 Å². The second-order valence-electron chi connectivity index (χ2n) is 25.1. The first-order chi connectivity index (χ1) is 49.0. The highest BCUT2D eigenvalue weighted by Crippen LogP contribution is 2.51. The summed E-state index contributed by atoms with van der Waals surface area (Å²) in [6.07, 6.45) is -0.892. The number of nitrogens with one attached hydrogen (secondary N) is 3. The van der Waals surface area contributed by atoms with Gasteiger partial charge in [-0.25, -0.2) is 32.2 Å². The van der Waals surface area contributed by atoms with Crippen LogP contribution in [0.25, 0.3) is 22.3 Å². The van der Waals surface area contributed by atoms with Gasteiger partial charge in [0.05, 0.1) is 104 Å². The van der Waals surface area contributed by atoms with Gasteiger partial charge in [-0.2, -0.15) is 0 Å². The van der Waals surface area contributed by atoms with E-state index in [1.807, 2.05) is 0 Å². The number of alkyl halides is 2. The smallest absolute Gasteiger partial charge is 0.343 e. The second kappa shape index (κ2) is 30.9. The SMILES string of the molecule is CC[C@@]1(O)C(=O)OCc2c1cc1n(c2=O)Cc2c-1nc1ccc(NC(=O)[C@H](C)NC(=O)[C@@H](NC(=O)COCCOCCOCCOc3c(F)cc(N4C(=O)C(Sc5ccc(C(=O)N6CCOCC6)cc5)=C(Sc5ccc(C(=O)N6CCOCC6)cc5)C4=O)cc3F)C(C)C)c3c1c2C(F)(F)CC3. The Kier molecular flexibility index (Phi) is 22.0. The molecule has 25 nitrogen and oxygen atoms in total. The summed E-state index contributed by atoms with van der Waals surface area (Å²) >= 11 is 1.89. The Bertz CT molecular complexity index is 4310. The molecule has 0 bridgehead atoms. The van der Waals surface area contributed by atoms with Crippen molar-refractivity contribution in [3.05, 3.63) is 150 Å². The van der Waals surface area contributed by atoms with Crippen LogP contribution in [-0.4, -0.2) is 183 Å². The number of carbonyl (C=O) groups excluding carboxylic acids is 8. The van der Waals surface area contributed by atoms with Gasteiger partial charge in [-0.05, 0) is 98.0 Å². The lowest BCUT2D eigenvalue weighted by molar-refractivity contribution is -0.172. The van der Waals surface area contributed by atoms with E-state index in [1.54, 1.807) is 79.1 Å².